The van der Waals surface area contributed by atoms with Crippen LogP contribution in [0.25, 0.3) is 0 Å². The lowest BCUT2D eigenvalue weighted by atomic mass is 9.89. The molecule has 0 fully saturated rings. The fraction of sp³-hybridized carbons (Fsp3) is 0.889. The quantitative estimate of drug-likeness (QED) is 0.623. The summed E-state index contributed by atoms with van der Waals surface area (Å²) in [6.07, 6.45) is 0.157. The highest BCUT2D eigenvalue weighted by Gasteiger charge is 2.23. The van der Waals surface area contributed by atoms with E-state index in [1.807, 2.05) is 0 Å². The van der Waals surface area contributed by atoms with Crippen LogP contribution < -0.4 is 0 Å². The SMILES string of the molecule is [CH2]COCC(OC)C(C)(C)C. The summed E-state index contributed by atoms with van der Waals surface area (Å²) in [7, 11) is 1.71. The summed E-state index contributed by atoms with van der Waals surface area (Å²) < 4.78 is 10.4. The minimum Gasteiger partial charge on any atom is -0.379 e. The molecule has 0 aliphatic heterocycles. The number of rotatable bonds is 4. The molecule has 0 rings (SSSR count). The van der Waals surface area contributed by atoms with Gasteiger partial charge in [0.05, 0.1) is 12.7 Å². The van der Waals surface area contributed by atoms with E-state index < -0.39 is 0 Å². The van der Waals surface area contributed by atoms with Gasteiger partial charge in [-0.05, 0) is 12.3 Å². The monoisotopic (exact) mass is 159 g/mol. The van der Waals surface area contributed by atoms with Crippen LogP contribution in [0.4, 0.5) is 0 Å². The topological polar surface area (TPSA) is 18.5 Å². The maximum absolute atomic E-state index is 5.26. The molecular weight excluding hydrogens is 140 g/mol. The molecule has 0 N–H and O–H groups in total. The molecule has 0 saturated heterocycles. The van der Waals surface area contributed by atoms with Crippen LogP contribution in [0.3, 0.4) is 0 Å². The molecular formula is C9H19O2. The van der Waals surface area contributed by atoms with E-state index >= 15 is 0 Å². The van der Waals surface area contributed by atoms with Crippen molar-refractivity contribution < 1.29 is 9.47 Å². The van der Waals surface area contributed by atoms with E-state index in [2.05, 4.69) is 27.7 Å². The zero-order valence-corrected chi connectivity index (χ0v) is 8.02. The maximum atomic E-state index is 5.26. The minimum absolute atomic E-state index is 0.143. The second-order valence-electron chi connectivity index (χ2n) is 3.67. The Labute approximate surface area is 69.9 Å². The smallest absolute Gasteiger partial charge is 0.0852 e. The van der Waals surface area contributed by atoms with Crippen LogP contribution in [0.2, 0.25) is 0 Å². The first-order chi connectivity index (χ1) is 5.02. The van der Waals surface area contributed by atoms with Crippen molar-refractivity contribution in [2.24, 2.45) is 5.41 Å². The molecule has 0 aliphatic carbocycles. The Bertz CT molecular complexity index is 94.2. The van der Waals surface area contributed by atoms with Crippen LogP contribution in [-0.4, -0.2) is 26.4 Å². The highest BCUT2D eigenvalue weighted by atomic mass is 16.5. The first-order valence-electron chi connectivity index (χ1n) is 3.92. The first kappa shape index (κ1) is 10.9. The van der Waals surface area contributed by atoms with Gasteiger partial charge in [-0.2, -0.15) is 0 Å². The molecule has 1 atom stereocenters. The van der Waals surface area contributed by atoms with Gasteiger partial charge in [0.1, 0.15) is 0 Å². The largest absolute Gasteiger partial charge is 0.379 e. The number of hydrogen-bond donors (Lipinski definition) is 0. The summed E-state index contributed by atoms with van der Waals surface area (Å²) in [5, 5.41) is 0. The highest BCUT2D eigenvalue weighted by Crippen LogP contribution is 2.21. The fourth-order valence-corrected chi connectivity index (χ4v) is 0.862. The van der Waals surface area contributed by atoms with Crippen molar-refractivity contribution in [2.45, 2.75) is 26.9 Å². The van der Waals surface area contributed by atoms with Crippen molar-refractivity contribution in [3.63, 3.8) is 0 Å². The van der Waals surface area contributed by atoms with Crippen LogP contribution in [0.5, 0.6) is 0 Å². The Morgan fingerprint density at radius 2 is 1.91 bits per heavy atom. The number of methoxy groups -OCH3 is 1. The highest BCUT2D eigenvalue weighted by molar-refractivity contribution is 4.73. The summed E-state index contributed by atoms with van der Waals surface area (Å²) in [6, 6.07) is 0. The van der Waals surface area contributed by atoms with E-state index in [-0.39, 0.29) is 11.5 Å². The number of ether oxygens (including phenoxy) is 2. The van der Waals surface area contributed by atoms with E-state index in [1.165, 1.54) is 0 Å². The molecule has 0 heterocycles. The molecule has 0 aromatic heterocycles. The summed E-state index contributed by atoms with van der Waals surface area (Å²) >= 11 is 0. The molecule has 67 valence electrons. The van der Waals surface area contributed by atoms with Crippen molar-refractivity contribution in [1.82, 2.24) is 0 Å². The van der Waals surface area contributed by atoms with Gasteiger partial charge >= 0.3 is 0 Å². The molecule has 2 nitrogen and oxygen atoms in total. The molecule has 0 aliphatic rings. The predicted molar refractivity (Wildman–Crippen MR) is 46.4 cm³/mol. The lowest BCUT2D eigenvalue weighted by Gasteiger charge is -2.28. The Morgan fingerprint density at radius 3 is 2.18 bits per heavy atom. The second-order valence-corrected chi connectivity index (χ2v) is 3.67. The molecule has 0 aromatic rings. The van der Waals surface area contributed by atoms with Crippen molar-refractivity contribution in [3.8, 4) is 0 Å². The van der Waals surface area contributed by atoms with Gasteiger partial charge in [-0.3, -0.25) is 0 Å². The standard InChI is InChI=1S/C9H19O2/c1-6-11-7-8(10-5)9(2,3)4/h8H,1,6-7H2,2-5H3. The average molecular weight is 159 g/mol. The molecule has 0 aromatic carbocycles. The molecule has 1 unspecified atom stereocenters. The maximum Gasteiger partial charge on any atom is 0.0852 e. The third-order valence-corrected chi connectivity index (χ3v) is 1.66. The Balaban J connectivity index is 3.76. The van der Waals surface area contributed by atoms with E-state index in [1.54, 1.807) is 7.11 Å². The Morgan fingerprint density at radius 1 is 1.36 bits per heavy atom. The summed E-state index contributed by atoms with van der Waals surface area (Å²) in [5.41, 5.74) is 0.143. The fourth-order valence-electron chi connectivity index (χ4n) is 0.862. The average Bonchev–Trinajstić information content (AvgIpc) is 1.87. The first-order valence-corrected chi connectivity index (χ1v) is 3.92. The number of hydrogen-bond acceptors (Lipinski definition) is 2. The van der Waals surface area contributed by atoms with Gasteiger partial charge in [-0.1, -0.05) is 20.8 Å². The van der Waals surface area contributed by atoms with Gasteiger partial charge < -0.3 is 9.47 Å². The molecule has 11 heavy (non-hydrogen) atoms. The molecule has 2 heteroatoms. The van der Waals surface area contributed by atoms with Gasteiger partial charge in [0.15, 0.2) is 0 Å². The van der Waals surface area contributed by atoms with Crippen molar-refractivity contribution in [1.29, 1.82) is 0 Å². The summed E-state index contributed by atoms with van der Waals surface area (Å²) in [6.45, 7) is 11.1. The van der Waals surface area contributed by atoms with E-state index in [9.17, 15) is 0 Å². The van der Waals surface area contributed by atoms with Crippen molar-refractivity contribution in [2.75, 3.05) is 20.3 Å². The third kappa shape index (κ3) is 4.38. The van der Waals surface area contributed by atoms with Crippen LogP contribution in [0.15, 0.2) is 0 Å². The van der Waals surface area contributed by atoms with E-state index in [4.69, 9.17) is 9.47 Å². The molecule has 0 spiro atoms. The van der Waals surface area contributed by atoms with Crippen LogP contribution >= 0.6 is 0 Å². The normalized spacial score (nSPS) is 15.0. The van der Waals surface area contributed by atoms with Crippen LogP contribution in [0, 0.1) is 12.3 Å². The van der Waals surface area contributed by atoms with Crippen LogP contribution in [0.1, 0.15) is 20.8 Å². The summed E-state index contributed by atoms with van der Waals surface area (Å²) in [5.74, 6) is 0. The van der Waals surface area contributed by atoms with Gasteiger partial charge in [0, 0.05) is 13.7 Å². The Hall–Kier alpha value is -0.0800. The summed E-state index contributed by atoms with van der Waals surface area (Å²) in [4.78, 5) is 0. The Kier molecular flexibility index (Phi) is 4.69. The van der Waals surface area contributed by atoms with Crippen molar-refractivity contribution in [3.05, 3.63) is 6.92 Å². The molecule has 0 saturated carbocycles. The lowest BCUT2D eigenvalue weighted by molar-refractivity contribution is -0.0419. The van der Waals surface area contributed by atoms with Gasteiger partial charge in [0.25, 0.3) is 0 Å². The van der Waals surface area contributed by atoms with Gasteiger partial charge in [-0.25, -0.2) is 0 Å². The molecule has 0 bridgehead atoms. The zero-order valence-electron chi connectivity index (χ0n) is 8.02. The van der Waals surface area contributed by atoms with Crippen LogP contribution in [-0.2, 0) is 9.47 Å². The molecule has 1 radical (unpaired) electrons. The van der Waals surface area contributed by atoms with E-state index in [0.717, 1.165) is 0 Å². The van der Waals surface area contributed by atoms with E-state index in [0.29, 0.717) is 13.2 Å². The lowest BCUT2D eigenvalue weighted by Crippen LogP contribution is -2.32. The van der Waals surface area contributed by atoms with Gasteiger partial charge in [0.2, 0.25) is 0 Å². The van der Waals surface area contributed by atoms with Crippen molar-refractivity contribution >= 4 is 0 Å². The third-order valence-electron chi connectivity index (χ3n) is 1.66. The molecule has 0 amide bonds. The van der Waals surface area contributed by atoms with Gasteiger partial charge in [-0.15, -0.1) is 0 Å². The minimum atomic E-state index is 0.143. The zero-order chi connectivity index (χ0) is 8.91. The predicted octanol–water partition coefficient (Wildman–Crippen LogP) is 1.90. The second kappa shape index (κ2) is 4.73.